The SMILES string of the molecule is Cc1ccc(C)c(N2N=C(C(=O)NC3CCCc4c3cnn4C)CCC2=O)c1. The number of benzene rings is 1. The Kier molecular flexibility index (Phi) is 4.75. The van der Waals surface area contributed by atoms with Crippen molar-refractivity contribution in [1.82, 2.24) is 15.1 Å². The molecule has 2 aromatic rings. The molecule has 1 atom stereocenters. The molecule has 146 valence electrons. The molecule has 2 amide bonds. The van der Waals surface area contributed by atoms with Crippen molar-refractivity contribution >= 4 is 23.2 Å². The Morgan fingerprint density at radius 3 is 2.86 bits per heavy atom. The van der Waals surface area contributed by atoms with Gasteiger partial charge in [-0.05, 0) is 50.3 Å². The molecule has 1 aliphatic heterocycles. The first-order valence-electron chi connectivity index (χ1n) is 9.73. The van der Waals surface area contributed by atoms with E-state index in [1.807, 2.05) is 50.0 Å². The first kappa shape index (κ1) is 18.4. The summed E-state index contributed by atoms with van der Waals surface area (Å²) in [6.07, 6.45) is 5.36. The van der Waals surface area contributed by atoms with E-state index >= 15 is 0 Å². The summed E-state index contributed by atoms with van der Waals surface area (Å²) in [5.74, 6) is -0.290. The number of nitrogens with zero attached hydrogens (tertiary/aromatic N) is 4. The lowest BCUT2D eigenvalue weighted by molar-refractivity contribution is -0.119. The van der Waals surface area contributed by atoms with Crippen molar-refractivity contribution in [2.45, 2.75) is 52.0 Å². The number of hydrogen-bond acceptors (Lipinski definition) is 4. The van der Waals surface area contributed by atoms with Crippen LogP contribution < -0.4 is 10.3 Å². The molecule has 0 saturated carbocycles. The van der Waals surface area contributed by atoms with Gasteiger partial charge in [0.05, 0.1) is 17.9 Å². The van der Waals surface area contributed by atoms with Gasteiger partial charge in [0.25, 0.3) is 5.91 Å². The van der Waals surface area contributed by atoms with Crippen LogP contribution in [0.3, 0.4) is 0 Å². The van der Waals surface area contributed by atoms with Crippen molar-refractivity contribution in [2.24, 2.45) is 12.1 Å². The van der Waals surface area contributed by atoms with Gasteiger partial charge in [-0.1, -0.05) is 12.1 Å². The van der Waals surface area contributed by atoms with E-state index in [4.69, 9.17) is 0 Å². The fourth-order valence-electron chi connectivity index (χ4n) is 3.95. The third-order valence-corrected chi connectivity index (χ3v) is 5.57. The first-order valence-corrected chi connectivity index (χ1v) is 9.73. The highest BCUT2D eigenvalue weighted by Gasteiger charge is 2.30. The topological polar surface area (TPSA) is 79.6 Å². The normalized spacial score (nSPS) is 19.2. The van der Waals surface area contributed by atoms with Gasteiger partial charge < -0.3 is 5.32 Å². The van der Waals surface area contributed by atoms with Crippen LogP contribution in [-0.2, 0) is 23.1 Å². The predicted octanol–water partition coefficient (Wildman–Crippen LogP) is 2.71. The number of carbonyl (C=O) groups is 2. The number of amides is 2. The maximum absolute atomic E-state index is 12.9. The molecule has 1 aromatic heterocycles. The molecule has 0 saturated heterocycles. The van der Waals surface area contributed by atoms with Gasteiger partial charge in [0.2, 0.25) is 5.91 Å². The molecular formula is C21H25N5O2. The molecule has 2 heterocycles. The molecular weight excluding hydrogens is 354 g/mol. The molecule has 0 bridgehead atoms. The van der Waals surface area contributed by atoms with Crippen molar-refractivity contribution in [3.05, 3.63) is 46.8 Å². The standard InChI is InChI=1S/C21H25N5O2/c1-13-7-8-14(2)19(11-13)26-20(27)10-9-17(24-26)21(28)23-16-5-4-6-18-15(16)12-22-25(18)3/h7-8,11-12,16H,4-6,9-10H2,1-3H3,(H,23,28). The molecule has 7 heteroatoms. The molecule has 0 radical (unpaired) electrons. The number of rotatable bonds is 3. The monoisotopic (exact) mass is 379 g/mol. The molecule has 0 fully saturated rings. The Labute approximate surface area is 164 Å². The van der Waals surface area contributed by atoms with E-state index in [0.29, 0.717) is 12.1 Å². The smallest absolute Gasteiger partial charge is 0.268 e. The minimum absolute atomic E-state index is 0.0561. The summed E-state index contributed by atoms with van der Waals surface area (Å²) in [6, 6.07) is 5.84. The lowest BCUT2D eigenvalue weighted by atomic mass is 9.92. The second kappa shape index (κ2) is 7.22. The largest absolute Gasteiger partial charge is 0.344 e. The van der Waals surface area contributed by atoms with Crippen molar-refractivity contribution in [3.63, 3.8) is 0 Å². The second-order valence-corrected chi connectivity index (χ2v) is 7.63. The van der Waals surface area contributed by atoms with Gasteiger partial charge in [0.15, 0.2) is 0 Å². The lowest BCUT2D eigenvalue weighted by Crippen LogP contribution is -2.41. The van der Waals surface area contributed by atoms with Gasteiger partial charge in [-0.2, -0.15) is 10.2 Å². The number of aromatic nitrogens is 2. The van der Waals surface area contributed by atoms with Gasteiger partial charge in [-0.15, -0.1) is 0 Å². The fourth-order valence-corrected chi connectivity index (χ4v) is 3.95. The minimum atomic E-state index is -0.204. The maximum Gasteiger partial charge on any atom is 0.268 e. The molecule has 1 aromatic carbocycles. The highest BCUT2D eigenvalue weighted by molar-refractivity contribution is 6.40. The summed E-state index contributed by atoms with van der Waals surface area (Å²) in [4.78, 5) is 25.4. The quantitative estimate of drug-likeness (QED) is 0.890. The van der Waals surface area contributed by atoms with Crippen LogP contribution in [0.15, 0.2) is 29.5 Å². The number of nitrogens with one attached hydrogen (secondary N) is 1. The van der Waals surface area contributed by atoms with Gasteiger partial charge in [-0.3, -0.25) is 14.3 Å². The molecule has 1 aliphatic carbocycles. The zero-order valence-electron chi connectivity index (χ0n) is 16.5. The van der Waals surface area contributed by atoms with Crippen LogP contribution in [0.1, 0.15) is 54.1 Å². The number of hydrazone groups is 1. The Morgan fingerprint density at radius 2 is 2.04 bits per heavy atom. The van der Waals surface area contributed by atoms with Gasteiger partial charge in [0.1, 0.15) is 5.71 Å². The highest BCUT2D eigenvalue weighted by atomic mass is 16.2. The molecule has 28 heavy (non-hydrogen) atoms. The van der Waals surface area contributed by atoms with Crippen LogP contribution in [0, 0.1) is 13.8 Å². The molecule has 1 unspecified atom stereocenters. The summed E-state index contributed by atoms with van der Waals surface area (Å²) >= 11 is 0. The van der Waals surface area contributed by atoms with E-state index in [-0.39, 0.29) is 24.3 Å². The highest BCUT2D eigenvalue weighted by Crippen LogP contribution is 2.30. The Morgan fingerprint density at radius 1 is 1.21 bits per heavy atom. The van der Waals surface area contributed by atoms with Crippen LogP contribution >= 0.6 is 0 Å². The summed E-state index contributed by atoms with van der Waals surface area (Å²) in [5.41, 5.74) is 5.40. The van der Waals surface area contributed by atoms with Gasteiger partial charge >= 0.3 is 0 Å². The maximum atomic E-state index is 12.9. The van der Waals surface area contributed by atoms with Gasteiger partial charge in [0, 0.05) is 31.1 Å². The molecule has 4 rings (SSSR count). The van der Waals surface area contributed by atoms with Crippen LogP contribution in [0.4, 0.5) is 5.69 Å². The van der Waals surface area contributed by atoms with Crippen LogP contribution in [-0.4, -0.2) is 27.3 Å². The second-order valence-electron chi connectivity index (χ2n) is 7.63. The zero-order valence-corrected chi connectivity index (χ0v) is 16.5. The lowest BCUT2D eigenvalue weighted by Gasteiger charge is -2.27. The zero-order chi connectivity index (χ0) is 19.8. The number of fused-ring (bicyclic) bond motifs is 1. The Bertz CT molecular complexity index is 975. The predicted molar refractivity (Wildman–Crippen MR) is 107 cm³/mol. The first-order chi connectivity index (χ1) is 13.4. The van der Waals surface area contributed by atoms with Crippen molar-refractivity contribution in [2.75, 3.05) is 5.01 Å². The number of anilines is 1. The summed E-state index contributed by atoms with van der Waals surface area (Å²) in [7, 11) is 1.93. The molecule has 2 aliphatic rings. The van der Waals surface area contributed by atoms with Crippen molar-refractivity contribution in [1.29, 1.82) is 0 Å². The summed E-state index contributed by atoms with van der Waals surface area (Å²) in [6.45, 7) is 3.92. The molecule has 0 spiro atoms. The number of aryl methyl sites for hydroxylation is 3. The number of carbonyl (C=O) groups excluding carboxylic acids is 2. The average molecular weight is 379 g/mol. The Hall–Kier alpha value is -2.96. The van der Waals surface area contributed by atoms with Crippen molar-refractivity contribution in [3.8, 4) is 0 Å². The van der Waals surface area contributed by atoms with Crippen LogP contribution in [0.25, 0.3) is 0 Å². The van der Waals surface area contributed by atoms with Crippen molar-refractivity contribution < 1.29 is 9.59 Å². The van der Waals surface area contributed by atoms with Gasteiger partial charge in [-0.25, -0.2) is 5.01 Å². The minimum Gasteiger partial charge on any atom is -0.344 e. The molecule has 7 nitrogen and oxygen atoms in total. The Balaban J connectivity index is 1.58. The van der Waals surface area contributed by atoms with E-state index in [1.54, 1.807) is 0 Å². The summed E-state index contributed by atoms with van der Waals surface area (Å²) < 4.78 is 1.88. The number of hydrogen-bond donors (Lipinski definition) is 1. The van der Waals surface area contributed by atoms with E-state index in [2.05, 4.69) is 15.5 Å². The third-order valence-electron chi connectivity index (χ3n) is 5.57. The van der Waals surface area contributed by atoms with Crippen LogP contribution in [0.2, 0.25) is 0 Å². The summed E-state index contributed by atoms with van der Waals surface area (Å²) in [5, 5.41) is 13.3. The van der Waals surface area contributed by atoms with Crippen LogP contribution in [0.5, 0.6) is 0 Å². The molecule has 1 N–H and O–H groups in total. The fraction of sp³-hybridized carbons (Fsp3) is 0.429. The van der Waals surface area contributed by atoms with E-state index < -0.39 is 0 Å². The van der Waals surface area contributed by atoms with E-state index in [0.717, 1.165) is 41.6 Å². The van der Waals surface area contributed by atoms with E-state index in [1.165, 1.54) is 10.7 Å². The van der Waals surface area contributed by atoms with E-state index in [9.17, 15) is 9.59 Å². The third kappa shape index (κ3) is 3.32. The average Bonchev–Trinajstić information content (AvgIpc) is 3.06.